The maximum Gasteiger partial charge on any atom is 0.262 e. The van der Waals surface area contributed by atoms with E-state index in [2.05, 4.69) is 10.6 Å². The van der Waals surface area contributed by atoms with Crippen molar-refractivity contribution in [3.8, 4) is 5.75 Å². The number of anilines is 1. The van der Waals surface area contributed by atoms with E-state index in [0.29, 0.717) is 11.4 Å². The smallest absolute Gasteiger partial charge is 0.262 e. The monoisotopic (exact) mass is 406 g/mol. The van der Waals surface area contributed by atoms with E-state index >= 15 is 0 Å². The molecule has 0 aliphatic rings. The van der Waals surface area contributed by atoms with Crippen molar-refractivity contribution in [3.63, 3.8) is 0 Å². The van der Waals surface area contributed by atoms with Gasteiger partial charge in [-0.2, -0.15) is 0 Å². The van der Waals surface area contributed by atoms with Crippen molar-refractivity contribution in [2.75, 3.05) is 18.5 Å². The molecule has 0 fully saturated rings. The van der Waals surface area contributed by atoms with Crippen molar-refractivity contribution >= 4 is 28.3 Å². The molecule has 0 unspecified atom stereocenters. The Morgan fingerprint density at radius 3 is 2.33 bits per heavy atom. The van der Waals surface area contributed by atoms with Crippen molar-refractivity contribution in [3.05, 3.63) is 72.3 Å². The fourth-order valence-electron chi connectivity index (χ4n) is 2.96. The number of fused-ring (bicyclic) bond motifs is 1. The third kappa shape index (κ3) is 6.06. The largest absolute Gasteiger partial charge is 0.484 e. The van der Waals surface area contributed by atoms with Gasteiger partial charge in [-0.25, -0.2) is 0 Å². The van der Waals surface area contributed by atoms with E-state index in [9.17, 15) is 14.7 Å². The lowest BCUT2D eigenvalue weighted by Crippen LogP contribution is -2.46. The molecule has 0 aliphatic carbocycles. The molecule has 156 valence electrons. The van der Waals surface area contributed by atoms with Crippen LogP contribution in [0.2, 0.25) is 0 Å². The highest BCUT2D eigenvalue weighted by atomic mass is 16.5. The van der Waals surface area contributed by atoms with E-state index in [-0.39, 0.29) is 31.4 Å². The van der Waals surface area contributed by atoms with E-state index in [4.69, 9.17) is 4.74 Å². The second-order valence-corrected chi connectivity index (χ2v) is 7.81. The Hall–Kier alpha value is -3.38. The molecule has 0 aliphatic heterocycles. The third-order valence-electron chi connectivity index (χ3n) is 4.57. The molecule has 6 heteroatoms. The van der Waals surface area contributed by atoms with Crippen molar-refractivity contribution in [1.29, 1.82) is 0 Å². The zero-order chi connectivity index (χ0) is 21.6. The number of carbonyl (C=O) groups is 2. The van der Waals surface area contributed by atoms with Crippen molar-refractivity contribution < 1.29 is 19.4 Å². The molecule has 0 saturated carbocycles. The number of aliphatic hydroxyl groups is 1. The van der Waals surface area contributed by atoms with Crippen LogP contribution in [0.1, 0.15) is 19.4 Å². The minimum atomic E-state index is -0.657. The zero-order valence-electron chi connectivity index (χ0n) is 17.1. The second kappa shape index (κ2) is 9.41. The number of nitrogens with one attached hydrogen (secondary N) is 2. The Morgan fingerprint density at radius 2 is 1.63 bits per heavy atom. The van der Waals surface area contributed by atoms with Gasteiger partial charge in [-0.3, -0.25) is 9.59 Å². The average molecular weight is 406 g/mol. The van der Waals surface area contributed by atoms with Gasteiger partial charge in [0, 0.05) is 5.69 Å². The first kappa shape index (κ1) is 21.3. The quantitative estimate of drug-likeness (QED) is 0.536. The molecule has 6 nitrogen and oxygen atoms in total. The van der Waals surface area contributed by atoms with Crippen LogP contribution in [0.15, 0.2) is 66.7 Å². The highest BCUT2D eigenvalue weighted by Crippen LogP contribution is 2.20. The van der Waals surface area contributed by atoms with Gasteiger partial charge in [-0.05, 0) is 54.4 Å². The fraction of sp³-hybridized carbons (Fsp3) is 0.250. The molecule has 3 aromatic rings. The van der Waals surface area contributed by atoms with Crippen LogP contribution in [-0.2, 0) is 16.0 Å². The molecule has 0 spiro atoms. The number of benzene rings is 3. The van der Waals surface area contributed by atoms with E-state index < -0.39 is 5.54 Å². The summed E-state index contributed by atoms with van der Waals surface area (Å²) >= 11 is 0. The van der Waals surface area contributed by atoms with Gasteiger partial charge < -0.3 is 20.5 Å². The molecule has 3 aromatic carbocycles. The molecule has 0 radical (unpaired) electrons. The first-order chi connectivity index (χ1) is 14.3. The first-order valence-corrected chi connectivity index (χ1v) is 9.77. The van der Waals surface area contributed by atoms with Gasteiger partial charge in [-0.15, -0.1) is 0 Å². The minimum Gasteiger partial charge on any atom is -0.484 e. The number of hydrogen-bond acceptors (Lipinski definition) is 4. The van der Waals surface area contributed by atoms with E-state index in [1.165, 1.54) is 0 Å². The summed E-state index contributed by atoms with van der Waals surface area (Å²) in [5.41, 5.74) is 0.782. The van der Waals surface area contributed by atoms with Crippen LogP contribution < -0.4 is 15.4 Å². The maximum absolute atomic E-state index is 12.2. The lowest BCUT2D eigenvalue weighted by molar-refractivity contribution is -0.122. The van der Waals surface area contributed by atoms with Gasteiger partial charge >= 0.3 is 0 Å². The first-order valence-electron chi connectivity index (χ1n) is 9.77. The Kier molecular flexibility index (Phi) is 6.69. The van der Waals surface area contributed by atoms with E-state index in [1.807, 2.05) is 42.5 Å². The maximum atomic E-state index is 12.2. The summed E-state index contributed by atoms with van der Waals surface area (Å²) in [4.78, 5) is 24.2. The highest BCUT2D eigenvalue weighted by molar-refractivity contribution is 5.92. The summed E-state index contributed by atoms with van der Waals surface area (Å²) < 4.78 is 5.60. The van der Waals surface area contributed by atoms with Crippen molar-refractivity contribution in [1.82, 2.24) is 5.32 Å². The van der Waals surface area contributed by atoms with Gasteiger partial charge in [-0.1, -0.05) is 42.5 Å². The van der Waals surface area contributed by atoms with Gasteiger partial charge in [0.15, 0.2) is 6.61 Å². The molecule has 0 bridgehead atoms. The molecular formula is C24H26N2O4. The van der Waals surface area contributed by atoms with Gasteiger partial charge in [0.25, 0.3) is 5.91 Å². The van der Waals surface area contributed by atoms with Crippen LogP contribution in [0.25, 0.3) is 10.8 Å². The standard InChI is InChI=1S/C24H26N2O4/c1-24(2,16-27)26-22(28)13-17-7-10-20(11-8-17)25-23(29)15-30-21-12-9-18-5-3-4-6-19(18)14-21/h3-12,14,27H,13,15-16H2,1-2H3,(H,25,29)(H,26,28). The van der Waals surface area contributed by atoms with E-state index in [0.717, 1.165) is 16.3 Å². The number of hydrogen-bond donors (Lipinski definition) is 3. The predicted octanol–water partition coefficient (Wildman–Crippen LogP) is 3.29. The molecule has 3 N–H and O–H groups in total. The SMILES string of the molecule is CC(C)(CO)NC(=O)Cc1ccc(NC(=O)COc2ccc3ccccc3c2)cc1. The summed E-state index contributed by atoms with van der Waals surface area (Å²) in [6, 6.07) is 20.7. The van der Waals surface area contributed by atoms with Crippen LogP contribution in [0.5, 0.6) is 5.75 Å². The van der Waals surface area contributed by atoms with Crippen LogP contribution >= 0.6 is 0 Å². The number of rotatable bonds is 8. The molecular weight excluding hydrogens is 380 g/mol. The topological polar surface area (TPSA) is 87.7 Å². The molecule has 2 amide bonds. The Balaban J connectivity index is 1.49. The van der Waals surface area contributed by atoms with Crippen LogP contribution in [0.4, 0.5) is 5.69 Å². The third-order valence-corrected chi connectivity index (χ3v) is 4.57. The van der Waals surface area contributed by atoms with Crippen molar-refractivity contribution in [2.45, 2.75) is 25.8 Å². The number of aliphatic hydroxyl groups excluding tert-OH is 1. The molecule has 0 saturated heterocycles. The molecule has 30 heavy (non-hydrogen) atoms. The molecule has 0 atom stereocenters. The fourth-order valence-corrected chi connectivity index (χ4v) is 2.96. The summed E-state index contributed by atoms with van der Waals surface area (Å²) in [5, 5.41) is 16.9. The molecule has 0 aromatic heterocycles. The Morgan fingerprint density at radius 1 is 0.933 bits per heavy atom. The predicted molar refractivity (Wildman–Crippen MR) is 118 cm³/mol. The second-order valence-electron chi connectivity index (χ2n) is 7.81. The van der Waals surface area contributed by atoms with Gasteiger partial charge in [0.2, 0.25) is 5.91 Å². The zero-order valence-corrected chi connectivity index (χ0v) is 17.1. The summed E-state index contributed by atoms with van der Waals surface area (Å²) in [6.07, 6.45) is 0.197. The summed E-state index contributed by atoms with van der Waals surface area (Å²) in [5.74, 6) is 0.198. The minimum absolute atomic E-state index is 0.0985. The Bertz CT molecular complexity index is 1030. The highest BCUT2D eigenvalue weighted by Gasteiger charge is 2.19. The van der Waals surface area contributed by atoms with Gasteiger partial charge in [0.1, 0.15) is 5.75 Å². The molecule has 0 heterocycles. The summed E-state index contributed by atoms with van der Waals surface area (Å²) in [6.45, 7) is 3.27. The normalized spacial score (nSPS) is 11.2. The number of amides is 2. The lowest BCUT2D eigenvalue weighted by Gasteiger charge is -2.23. The lowest BCUT2D eigenvalue weighted by atomic mass is 10.1. The van der Waals surface area contributed by atoms with Crippen LogP contribution in [0, 0.1) is 0 Å². The number of carbonyl (C=O) groups excluding carboxylic acids is 2. The van der Waals surface area contributed by atoms with Crippen LogP contribution in [0.3, 0.4) is 0 Å². The Labute approximate surface area is 175 Å². The summed E-state index contributed by atoms with van der Waals surface area (Å²) in [7, 11) is 0. The van der Waals surface area contributed by atoms with E-state index in [1.54, 1.807) is 38.1 Å². The average Bonchev–Trinajstić information content (AvgIpc) is 2.73. The number of ether oxygens (including phenoxy) is 1. The van der Waals surface area contributed by atoms with Crippen LogP contribution in [-0.4, -0.2) is 35.7 Å². The molecule has 3 rings (SSSR count). The van der Waals surface area contributed by atoms with Gasteiger partial charge in [0.05, 0.1) is 18.6 Å². The van der Waals surface area contributed by atoms with Crippen molar-refractivity contribution in [2.24, 2.45) is 0 Å².